The van der Waals surface area contributed by atoms with Gasteiger partial charge in [-0.1, -0.05) is 50.0 Å². The smallest absolute Gasteiger partial charge is 0.223 e. The summed E-state index contributed by atoms with van der Waals surface area (Å²) in [5.74, 6) is 0.585. The maximum absolute atomic E-state index is 6.34. The van der Waals surface area contributed by atoms with Gasteiger partial charge in [0.1, 0.15) is 5.65 Å². The van der Waals surface area contributed by atoms with Gasteiger partial charge < -0.3 is 10.2 Å². The highest BCUT2D eigenvalue weighted by molar-refractivity contribution is 6.42. The molecule has 0 unspecified atom stereocenters. The fourth-order valence-electron chi connectivity index (χ4n) is 3.56. The summed E-state index contributed by atoms with van der Waals surface area (Å²) in [6, 6.07) is 11.7. The number of hydrogen-bond acceptors (Lipinski definition) is 5. The van der Waals surface area contributed by atoms with Gasteiger partial charge >= 0.3 is 0 Å². The van der Waals surface area contributed by atoms with Crippen LogP contribution in [0, 0.1) is 5.41 Å². The van der Waals surface area contributed by atoms with E-state index in [0.29, 0.717) is 16.0 Å². The molecule has 3 heterocycles. The van der Waals surface area contributed by atoms with Crippen LogP contribution in [0.2, 0.25) is 10.0 Å². The summed E-state index contributed by atoms with van der Waals surface area (Å²) in [5.41, 5.74) is 5.44. The zero-order valence-electron chi connectivity index (χ0n) is 19.5. The van der Waals surface area contributed by atoms with Gasteiger partial charge in [0, 0.05) is 31.0 Å². The van der Waals surface area contributed by atoms with Crippen molar-refractivity contribution in [2.45, 2.75) is 27.3 Å². The van der Waals surface area contributed by atoms with Gasteiger partial charge in [0.05, 0.1) is 27.1 Å². The lowest BCUT2D eigenvalue weighted by atomic mass is 9.97. The Morgan fingerprint density at radius 3 is 2.48 bits per heavy atom. The van der Waals surface area contributed by atoms with Gasteiger partial charge in [-0.2, -0.15) is 0 Å². The van der Waals surface area contributed by atoms with Crippen molar-refractivity contribution in [1.82, 2.24) is 24.3 Å². The molecule has 0 saturated carbocycles. The first-order valence-corrected chi connectivity index (χ1v) is 11.5. The van der Waals surface area contributed by atoms with Crippen LogP contribution in [-0.4, -0.2) is 44.9 Å². The van der Waals surface area contributed by atoms with Crippen molar-refractivity contribution in [3.63, 3.8) is 0 Å². The maximum atomic E-state index is 6.34. The van der Waals surface area contributed by atoms with Crippen LogP contribution in [0.4, 0.5) is 5.95 Å². The second kappa shape index (κ2) is 9.29. The van der Waals surface area contributed by atoms with Crippen LogP contribution in [-0.2, 0) is 6.54 Å². The van der Waals surface area contributed by atoms with Gasteiger partial charge in [-0.05, 0) is 55.4 Å². The number of pyridine rings is 1. The van der Waals surface area contributed by atoms with E-state index >= 15 is 0 Å². The molecule has 33 heavy (non-hydrogen) atoms. The number of halogens is 2. The molecule has 6 nitrogen and oxygen atoms in total. The Hall–Kier alpha value is -2.67. The third kappa shape index (κ3) is 5.46. The summed E-state index contributed by atoms with van der Waals surface area (Å²) in [6.07, 6.45) is 3.81. The van der Waals surface area contributed by atoms with Gasteiger partial charge in [-0.3, -0.25) is 4.40 Å². The molecule has 172 valence electrons. The molecule has 0 aliphatic rings. The zero-order chi connectivity index (χ0) is 23.8. The molecular weight excluding hydrogens is 455 g/mol. The number of hydrogen-bond donors (Lipinski definition) is 1. The van der Waals surface area contributed by atoms with Crippen molar-refractivity contribution in [2.75, 3.05) is 26.0 Å². The van der Waals surface area contributed by atoms with E-state index in [2.05, 4.69) is 66.6 Å². The predicted octanol–water partition coefficient (Wildman–Crippen LogP) is 6.28. The molecule has 4 rings (SSSR count). The first-order chi connectivity index (χ1) is 15.6. The van der Waals surface area contributed by atoms with E-state index in [4.69, 9.17) is 33.2 Å². The van der Waals surface area contributed by atoms with E-state index in [1.165, 1.54) is 5.56 Å². The van der Waals surface area contributed by atoms with E-state index in [1.807, 2.05) is 24.4 Å². The largest absolute Gasteiger partial charge is 0.354 e. The molecule has 1 aromatic carbocycles. The lowest BCUT2D eigenvalue weighted by Gasteiger charge is -2.18. The Morgan fingerprint density at radius 1 is 1.00 bits per heavy atom. The minimum Gasteiger partial charge on any atom is -0.354 e. The molecular formula is C25H28Cl2N6. The van der Waals surface area contributed by atoms with Crippen LogP contribution < -0.4 is 5.32 Å². The van der Waals surface area contributed by atoms with Crippen molar-refractivity contribution >= 4 is 34.8 Å². The number of fused-ring (bicyclic) bond motifs is 1. The zero-order valence-corrected chi connectivity index (χ0v) is 21.0. The average molecular weight is 483 g/mol. The van der Waals surface area contributed by atoms with Gasteiger partial charge in [-0.25, -0.2) is 15.0 Å². The molecule has 0 radical (unpaired) electrons. The first-order valence-electron chi connectivity index (χ1n) is 10.8. The fourth-order valence-corrected chi connectivity index (χ4v) is 3.86. The van der Waals surface area contributed by atoms with E-state index in [1.54, 1.807) is 12.3 Å². The van der Waals surface area contributed by atoms with E-state index in [9.17, 15) is 0 Å². The fraction of sp³-hybridized carbons (Fsp3) is 0.320. The standard InChI is InChI=1S/C25H28Cl2N6/c1-25(2,3)15-29-24-28-10-8-20(30-24)23-22(17-6-7-18(26)19(27)13-17)31-21-12-16(14-32(4)5)9-11-33(21)23/h6-13H,14-15H2,1-5H3,(H,28,29,30). The average Bonchev–Trinajstić information content (AvgIpc) is 3.12. The quantitative estimate of drug-likeness (QED) is 0.350. The molecule has 0 amide bonds. The summed E-state index contributed by atoms with van der Waals surface area (Å²) in [7, 11) is 4.10. The third-order valence-corrected chi connectivity index (χ3v) is 5.80. The first kappa shape index (κ1) is 23.5. The topological polar surface area (TPSA) is 58.4 Å². The number of rotatable bonds is 6. The molecule has 1 N–H and O–H groups in total. The minimum atomic E-state index is 0.108. The van der Waals surface area contributed by atoms with Crippen molar-refractivity contribution in [3.8, 4) is 22.6 Å². The number of nitrogens with one attached hydrogen (secondary N) is 1. The van der Waals surface area contributed by atoms with Gasteiger partial charge in [-0.15, -0.1) is 0 Å². The molecule has 0 atom stereocenters. The van der Waals surface area contributed by atoms with Gasteiger partial charge in [0.2, 0.25) is 5.95 Å². The van der Waals surface area contributed by atoms with Gasteiger partial charge in [0.25, 0.3) is 0 Å². The second-order valence-electron chi connectivity index (χ2n) is 9.62. The number of anilines is 1. The second-order valence-corrected chi connectivity index (χ2v) is 10.4. The molecule has 3 aromatic heterocycles. The Balaban J connectivity index is 1.87. The normalized spacial score (nSPS) is 12.0. The van der Waals surface area contributed by atoms with E-state index in [-0.39, 0.29) is 5.41 Å². The van der Waals surface area contributed by atoms with Crippen LogP contribution in [0.25, 0.3) is 28.3 Å². The van der Waals surface area contributed by atoms with Crippen molar-refractivity contribution in [1.29, 1.82) is 0 Å². The van der Waals surface area contributed by atoms with Crippen LogP contribution in [0.3, 0.4) is 0 Å². The number of nitrogens with zero attached hydrogens (tertiary/aromatic N) is 5. The highest BCUT2D eigenvalue weighted by Crippen LogP contribution is 2.35. The summed E-state index contributed by atoms with van der Waals surface area (Å²) in [5, 5.41) is 4.34. The van der Waals surface area contributed by atoms with Crippen molar-refractivity contribution in [3.05, 3.63) is 64.4 Å². The van der Waals surface area contributed by atoms with Crippen LogP contribution in [0.5, 0.6) is 0 Å². The van der Waals surface area contributed by atoms with E-state index in [0.717, 1.165) is 41.4 Å². The SMILES string of the molecule is CN(C)Cc1ccn2c(-c3ccnc(NCC(C)(C)C)n3)c(-c3ccc(Cl)c(Cl)c3)nc2c1. The summed E-state index contributed by atoms with van der Waals surface area (Å²) in [4.78, 5) is 16.3. The lowest BCUT2D eigenvalue weighted by Crippen LogP contribution is -2.20. The molecule has 8 heteroatoms. The van der Waals surface area contributed by atoms with E-state index < -0.39 is 0 Å². The molecule has 0 aliphatic heterocycles. The molecule has 0 bridgehead atoms. The summed E-state index contributed by atoms with van der Waals surface area (Å²) < 4.78 is 2.06. The Labute approximate surface area is 204 Å². The Morgan fingerprint density at radius 2 is 1.79 bits per heavy atom. The Bertz CT molecular complexity index is 1290. The van der Waals surface area contributed by atoms with Crippen molar-refractivity contribution in [2.24, 2.45) is 5.41 Å². The van der Waals surface area contributed by atoms with Crippen LogP contribution in [0.1, 0.15) is 26.3 Å². The molecule has 4 aromatic rings. The predicted molar refractivity (Wildman–Crippen MR) is 137 cm³/mol. The molecule has 0 saturated heterocycles. The molecule has 0 aliphatic carbocycles. The van der Waals surface area contributed by atoms with Crippen LogP contribution in [0.15, 0.2) is 48.8 Å². The highest BCUT2D eigenvalue weighted by Gasteiger charge is 2.19. The molecule has 0 fully saturated rings. The van der Waals surface area contributed by atoms with Crippen molar-refractivity contribution < 1.29 is 0 Å². The highest BCUT2D eigenvalue weighted by atomic mass is 35.5. The minimum absolute atomic E-state index is 0.108. The van der Waals surface area contributed by atoms with Gasteiger partial charge in [0.15, 0.2) is 0 Å². The maximum Gasteiger partial charge on any atom is 0.223 e. The third-order valence-electron chi connectivity index (χ3n) is 5.06. The lowest BCUT2D eigenvalue weighted by molar-refractivity contribution is 0.402. The summed E-state index contributed by atoms with van der Waals surface area (Å²) >= 11 is 12.5. The monoisotopic (exact) mass is 482 g/mol. The summed E-state index contributed by atoms with van der Waals surface area (Å²) in [6.45, 7) is 8.10. The Kier molecular flexibility index (Phi) is 6.61. The van der Waals surface area contributed by atoms with Crippen LogP contribution >= 0.6 is 23.2 Å². The molecule has 0 spiro atoms. The number of benzene rings is 1. The number of aromatic nitrogens is 4. The number of imidazole rings is 1.